The van der Waals surface area contributed by atoms with Gasteiger partial charge < -0.3 is 10.6 Å². The topological polar surface area (TPSA) is 84.0 Å². The summed E-state index contributed by atoms with van der Waals surface area (Å²) in [6, 6.07) is 12.7. The van der Waals surface area contributed by atoms with Crippen LogP contribution in [0.25, 0.3) is 0 Å². The number of hydrogen-bond donors (Lipinski definition) is 2. The van der Waals surface area contributed by atoms with Crippen LogP contribution in [0.1, 0.15) is 33.3 Å². The standard InChI is InChI=1S/C20H17FN4O2/c1-13(26)15-4-8-17(9-5-15)25-20(27)18-11-24-19(12-22-18)23-10-14-2-6-16(21)7-3-14/h2-9,11-12H,10H2,1H3,(H,23,24)(H,25,27). The van der Waals surface area contributed by atoms with Gasteiger partial charge in [0.1, 0.15) is 17.3 Å². The minimum Gasteiger partial charge on any atom is -0.365 e. The van der Waals surface area contributed by atoms with Crippen molar-refractivity contribution < 1.29 is 14.0 Å². The number of anilines is 2. The molecule has 0 atom stereocenters. The maximum atomic E-state index is 12.9. The Bertz CT molecular complexity index is 939. The van der Waals surface area contributed by atoms with Gasteiger partial charge in [0.15, 0.2) is 5.78 Å². The molecule has 2 N–H and O–H groups in total. The number of nitrogens with zero attached hydrogens (tertiary/aromatic N) is 2. The van der Waals surface area contributed by atoms with E-state index in [9.17, 15) is 14.0 Å². The summed E-state index contributed by atoms with van der Waals surface area (Å²) in [5, 5.41) is 5.75. The van der Waals surface area contributed by atoms with Crippen LogP contribution in [-0.4, -0.2) is 21.7 Å². The third-order valence-corrected chi connectivity index (χ3v) is 3.82. The molecule has 7 heteroatoms. The Labute approximate surface area is 155 Å². The number of aromatic nitrogens is 2. The summed E-state index contributed by atoms with van der Waals surface area (Å²) in [4.78, 5) is 31.7. The van der Waals surface area contributed by atoms with Crippen LogP contribution in [0.4, 0.5) is 15.9 Å². The van der Waals surface area contributed by atoms with Crippen molar-refractivity contribution in [3.05, 3.63) is 83.6 Å². The minimum atomic E-state index is -0.400. The Hall–Kier alpha value is -3.61. The highest BCUT2D eigenvalue weighted by Gasteiger charge is 2.09. The highest BCUT2D eigenvalue weighted by atomic mass is 19.1. The normalized spacial score (nSPS) is 10.3. The van der Waals surface area contributed by atoms with Crippen LogP contribution in [-0.2, 0) is 6.54 Å². The van der Waals surface area contributed by atoms with E-state index >= 15 is 0 Å². The summed E-state index contributed by atoms with van der Waals surface area (Å²) in [5.74, 6) is -0.225. The largest absolute Gasteiger partial charge is 0.365 e. The van der Waals surface area contributed by atoms with Crippen molar-refractivity contribution in [2.24, 2.45) is 0 Å². The number of ketones is 1. The fraction of sp³-hybridized carbons (Fsp3) is 0.100. The van der Waals surface area contributed by atoms with Crippen LogP contribution in [0.15, 0.2) is 60.9 Å². The highest BCUT2D eigenvalue weighted by Crippen LogP contribution is 2.12. The lowest BCUT2D eigenvalue weighted by Gasteiger charge is -2.07. The molecule has 0 unspecified atom stereocenters. The zero-order valence-corrected chi connectivity index (χ0v) is 14.6. The van der Waals surface area contributed by atoms with Crippen molar-refractivity contribution in [1.82, 2.24) is 9.97 Å². The van der Waals surface area contributed by atoms with Gasteiger partial charge in [-0.2, -0.15) is 0 Å². The highest BCUT2D eigenvalue weighted by molar-refractivity contribution is 6.03. The smallest absolute Gasteiger partial charge is 0.275 e. The Morgan fingerprint density at radius 3 is 2.26 bits per heavy atom. The van der Waals surface area contributed by atoms with E-state index in [2.05, 4.69) is 20.6 Å². The first kappa shape index (κ1) is 18.2. The van der Waals surface area contributed by atoms with Gasteiger partial charge in [-0.3, -0.25) is 9.59 Å². The second kappa shape index (κ2) is 8.18. The SMILES string of the molecule is CC(=O)c1ccc(NC(=O)c2cnc(NCc3ccc(F)cc3)cn2)cc1. The van der Waals surface area contributed by atoms with Crippen molar-refractivity contribution in [2.75, 3.05) is 10.6 Å². The minimum absolute atomic E-state index is 0.0394. The molecule has 1 aromatic heterocycles. The molecule has 27 heavy (non-hydrogen) atoms. The number of carbonyl (C=O) groups excluding carboxylic acids is 2. The second-order valence-corrected chi connectivity index (χ2v) is 5.85. The second-order valence-electron chi connectivity index (χ2n) is 5.85. The number of carbonyl (C=O) groups is 2. The summed E-state index contributed by atoms with van der Waals surface area (Å²) >= 11 is 0. The lowest BCUT2D eigenvalue weighted by atomic mass is 10.1. The summed E-state index contributed by atoms with van der Waals surface area (Å²) in [6.07, 6.45) is 2.82. The van der Waals surface area contributed by atoms with E-state index in [0.29, 0.717) is 23.6 Å². The van der Waals surface area contributed by atoms with Crippen molar-refractivity contribution in [1.29, 1.82) is 0 Å². The molecule has 0 spiro atoms. The van der Waals surface area contributed by atoms with E-state index in [-0.39, 0.29) is 17.3 Å². The summed E-state index contributed by atoms with van der Waals surface area (Å²) in [7, 11) is 0. The molecule has 1 amide bonds. The molecular formula is C20H17FN4O2. The Morgan fingerprint density at radius 2 is 1.67 bits per heavy atom. The predicted octanol–water partition coefficient (Wildman–Crippen LogP) is 3.68. The first-order valence-corrected chi connectivity index (χ1v) is 8.24. The molecule has 0 saturated heterocycles. The Balaban J connectivity index is 1.58. The first-order valence-electron chi connectivity index (χ1n) is 8.24. The van der Waals surface area contributed by atoms with E-state index in [1.807, 2.05) is 0 Å². The Kier molecular flexibility index (Phi) is 5.51. The van der Waals surface area contributed by atoms with Crippen LogP contribution in [0.5, 0.6) is 0 Å². The van der Waals surface area contributed by atoms with Gasteiger partial charge in [-0.1, -0.05) is 12.1 Å². The summed E-state index contributed by atoms with van der Waals surface area (Å²) < 4.78 is 12.9. The zero-order valence-electron chi connectivity index (χ0n) is 14.6. The average molecular weight is 364 g/mol. The van der Waals surface area contributed by atoms with Gasteiger partial charge >= 0.3 is 0 Å². The molecule has 0 bridgehead atoms. The molecule has 0 aliphatic heterocycles. The molecule has 0 saturated carbocycles. The molecule has 2 aromatic carbocycles. The van der Waals surface area contributed by atoms with Gasteiger partial charge in [0.05, 0.1) is 12.4 Å². The van der Waals surface area contributed by atoms with Gasteiger partial charge in [0, 0.05) is 17.8 Å². The third-order valence-electron chi connectivity index (χ3n) is 3.82. The molecule has 3 rings (SSSR count). The zero-order chi connectivity index (χ0) is 19.2. The number of hydrogen-bond acceptors (Lipinski definition) is 5. The number of rotatable bonds is 6. The molecule has 0 radical (unpaired) electrons. The molecule has 0 fully saturated rings. The van der Waals surface area contributed by atoms with E-state index in [1.54, 1.807) is 36.4 Å². The molecule has 1 heterocycles. The van der Waals surface area contributed by atoms with Crippen LogP contribution in [0.3, 0.4) is 0 Å². The van der Waals surface area contributed by atoms with Gasteiger partial charge in [0.25, 0.3) is 5.91 Å². The molecule has 3 aromatic rings. The fourth-order valence-electron chi connectivity index (χ4n) is 2.31. The molecule has 136 valence electrons. The molecule has 0 aliphatic carbocycles. The van der Waals surface area contributed by atoms with Crippen molar-refractivity contribution in [3.8, 4) is 0 Å². The van der Waals surface area contributed by atoms with E-state index in [4.69, 9.17) is 0 Å². The number of amides is 1. The van der Waals surface area contributed by atoms with Crippen molar-refractivity contribution in [2.45, 2.75) is 13.5 Å². The maximum absolute atomic E-state index is 12.9. The average Bonchev–Trinajstić information content (AvgIpc) is 2.68. The lowest BCUT2D eigenvalue weighted by Crippen LogP contribution is -2.14. The monoisotopic (exact) mass is 364 g/mol. The fourth-order valence-corrected chi connectivity index (χ4v) is 2.31. The molecular weight excluding hydrogens is 347 g/mol. The van der Waals surface area contributed by atoms with Crippen LogP contribution in [0, 0.1) is 5.82 Å². The quantitative estimate of drug-likeness (QED) is 0.652. The van der Waals surface area contributed by atoms with Gasteiger partial charge in [-0.25, -0.2) is 14.4 Å². The number of nitrogens with one attached hydrogen (secondary N) is 2. The van der Waals surface area contributed by atoms with Crippen LogP contribution in [0.2, 0.25) is 0 Å². The number of halogens is 1. The molecule has 6 nitrogen and oxygen atoms in total. The number of benzene rings is 2. The first-order chi connectivity index (χ1) is 13.0. The predicted molar refractivity (Wildman–Crippen MR) is 100 cm³/mol. The van der Waals surface area contributed by atoms with Gasteiger partial charge in [-0.15, -0.1) is 0 Å². The van der Waals surface area contributed by atoms with E-state index in [0.717, 1.165) is 5.56 Å². The maximum Gasteiger partial charge on any atom is 0.275 e. The van der Waals surface area contributed by atoms with Crippen LogP contribution >= 0.6 is 0 Å². The van der Waals surface area contributed by atoms with Crippen molar-refractivity contribution >= 4 is 23.2 Å². The van der Waals surface area contributed by atoms with Crippen LogP contribution < -0.4 is 10.6 Å². The summed E-state index contributed by atoms with van der Waals surface area (Å²) in [5.41, 5.74) is 2.20. The van der Waals surface area contributed by atoms with Gasteiger partial charge in [0.2, 0.25) is 0 Å². The Morgan fingerprint density at radius 1 is 0.963 bits per heavy atom. The van der Waals surface area contributed by atoms with E-state index < -0.39 is 5.91 Å². The van der Waals surface area contributed by atoms with Gasteiger partial charge in [-0.05, 0) is 48.9 Å². The molecule has 0 aliphatic rings. The summed E-state index contributed by atoms with van der Waals surface area (Å²) in [6.45, 7) is 1.94. The number of Topliss-reactive ketones (excluding diaryl/α,β-unsaturated/α-hetero) is 1. The van der Waals surface area contributed by atoms with Crippen molar-refractivity contribution in [3.63, 3.8) is 0 Å². The third kappa shape index (κ3) is 4.94. The lowest BCUT2D eigenvalue weighted by molar-refractivity contribution is 0.101. The van der Waals surface area contributed by atoms with E-state index in [1.165, 1.54) is 31.5 Å².